The Hall–Kier alpha value is -1.38. The van der Waals surface area contributed by atoms with E-state index in [0.717, 1.165) is 12.7 Å². The van der Waals surface area contributed by atoms with Gasteiger partial charge in [0.25, 0.3) is 0 Å². The third kappa shape index (κ3) is 3.55. The Bertz CT molecular complexity index is 413. The molecule has 3 unspecified atom stereocenters. The summed E-state index contributed by atoms with van der Waals surface area (Å²) >= 11 is 0. The molecule has 3 nitrogen and oxygen atoms in total. The lowest BCUT2D eigenvalue weighted by molar-refractivity contribution is 0.0426. The summed E-state index contributed by atoms with van der Waals surface area (Å²) in [4.78, 5) is 14.8. The number of ether oxygens (including phenoxy) is 1. The minimum absolute atomic E-state index is 0.248. The number of rotatable bonds is 4. The molecule has 1 fully saturated rings. The van der Waals surface area contributed by atoms with Gasteiger partial charge in [0.2, 0.25) is 5.88 Å². The van der Waals surface area contributed by atoms with Crippen LogP contribution < -0.4 is 4.74 Å². The molecule has 0 aromatic carbocycles. The maximum Gasteiger partial charge on any atom is 0.213 e. The van der Waals surface area contributed by atoms with Gasteiger partial charge in [0.1, 0.15) is 6.10 Å². The molecule has 0 bridgehead atoms. The normalized spacial score (nSPS) is 27.3. The van der Waals surface area contributed by atoms with Gasteiger partial charge in [-0.25, -0.2) is 4.98 Å². The molecule has 0 N–H and O–H groups in total. The lowest BCUT2D eigenvalue weighted by atomic mass is 9.75. The van der Waals surface area contributed by atoms with Crippen LogP contribution in [0.2, 0.25) is 0 Å². The summed E-state index contributed by atoms with van der Waals surface area (Å²) in [5, 5.41) is 0. The van der Waals surface area contributed by atoms with Crippen molar-refractivity contribution in [3.8, 4) is 5.88 Å². The Morgan fingerprint density at radius 2 is 2.16 bits per heavy atom. The molecule has 0 spiro atoms. The van der Waals surface area contributed by atoms with E-state index in [-0.39, 0.29) is 6.10 Å². The lowest BCUT2D eigenvalue weighted by Crippen LogP contribution is -2.36. The molecule has 3 heteroatoms. The average Bonchev–Trinajstić information content (AvgIpc) is 2.39. The lowest BCUT2D eigenvalue weighted by Gasteiger charge is -2.36. The summed E-state index contributed by atoms with van der Waals surface area (Å²) in [6.07, 6.45) is 6.24. The van der Waals surface area contributed by atoms with Gasteiger partial charge < -0.3 is 4.74 Å². The fourth-order valence-corrected chi connectivity index (χ4v) is 2.94. The Labute approximate surface area is 115 Å². The van der Waals surface area contributed by atoms with Crippen molar-refractivity contribution in [2.75, 3.05) is 0 Å². The minimum Gasteiger partial charge on any atom is -0.474 e. The maximum absolute atomic E-state index is 10.6. The fourth-order valence-electron chi connectivity index (χ4n) is 2.94. The molecular weight excluding hydrogens is 238 g/mol. The van der Waals surface area contributed by atoms with Crippen LogP contribution in [0.25, 0.3) is 0 Å². The topological polar surface area (TPSA) is 39.2 Å². The molecule has 1 saturated carbocycles. The smallest absolute Gasteiger partial charge is 0.213 e. The first-order valence-electron chi connectivity index (χ1n) is 7.18. The van der Waals surface area contributed by atoms with Crippen molar-refractivity contribution in [1.29, 1.82) is 0 Å². The highest BCUT2D eigenvalue weighted by atomic mass is 16.5. The summed E-state index contributed by atoms with van der Waals surface area (Å²) in [5.74, 6) is 2.58. The van der Waals surface area contributed by atoms with Crippen LogP contribution in [0, 0.1) is 17.8 Å². The number of aromatic nitrogens is 1. The van der Waals surface area contributed by atoms with Crippen LogP contribution in [0.15, 0.2) is 18.3 Å². The second-order valence-electron chi connectivity index (χ2n) is 6.03. The zero-order valence-electron chi connectivity index (χ0n) is 12.0. The van der Waals surface area contributed by atoms with Gasteiger partial charge in [0, 0.05) is 17.8 Å². The molecule has 1 aliphatic rings. The van der Waals surface area contributed by atoms with Crippen LogP contribution >= 0.6 is 0 Å². The number of hydrogen-bond acceptors (Lipinski definition) is 3. The Morgan fingerprint density at radius 3 is 2.74 bits per heavy atom. The van der Waals surface area contributed by atoms with Gasteiger partial charge >= 0.3 is 0 Å². The van der Waals surface area contributed by atoms with Crippen LogP contribution in [-0.4, -0.2) is 17.4 Å². The van der Waals surface area contributed by atoms with E-state index in [4.69, 9.17) is 4.74 Å². The third-order valence-corrected chi connectivity index (χ3v) is 4.13. The van der Waals surface area contributed by atoms with Gasteiger partial charge in [-0.15, -0.1) is 0 Å². The van der Waals surface area contributed by atoms with Gasteiger partial charge in [0.15, 0.2) is 6.29 Å². The fraction of sp³-hybridized carbons (Fsp3) is 0.625. The van der Waals surface area contributed by atoms with Gasteiger partial charge in [-0.2, -0.15) is 0 Å². The van der Waals surface area contributed by atoms with E-state index in [0.29, 0.717) is 29.2 Å². The highest BCUT2D eigenvalue weighted by Gasteiger charge is 2.32. The van der Waals surface area contributed by atoms with E-state index in [2.05, 4.69) is 25.8 Å². The van der Waals surface area contributed by atoms with Crippen LogP contribution in [-0.2, 0) is 0 Å². The molecule has 1 aromatic rings. The third-order valence-electron chi connectivity index (χ3n) is 4.13. The van der Waals surface area contributed by atoms with E-state index >= 15 is 0 Å². The predicted octanol–water partition coefficient (Wildman–Crippen LogP) is 3.73. The Kier molecular flexibility index (Phi) is 4.56. The summed E-state index contributed by atoms with van der Waals surface area (Å²) in [7, 11) is 0. The van der Waals surface area contributed by atoms with Gasteiger partial charge in [-0.1, -0.05) is 27.2 Å². The molecule has 1 aliphatic carbocycles. The molecule has 1 aromatic heterocycles. The van der Waals surface area contributed by atoms with Crippen molar-refractivity contribution in [3.63, 3.8) is 0 Å². The van der Waals surface area contributed by atoms with Crippen LogP contribution in [0.3, 0.4) is 0 Å². The standard InChI is InChI=1S/C16H23NO2/c1-11(2)14-6-4-12(3)8-15(14)19-16-7-5-13(10-18)9-17-16/h5,7,9-12,14-15H,4,6,8H2,1-3H3. The summed E-state index contributed by atoms with van der Waals surface area (Å²) < 4.78 is 6.07. The minimum atomic E-state index is 0.248. The zero-order chi connectivity index (χ0) is 13.8. The van der Waals surface area contributed by atoms with E-state index in [9.17, 15) is 4.79 Å². The number of aldehydes is 1. The molecular formula is C16H23NO2. The van der Waals surface area contributed by atoms with Crippen molar-refractivity contribution < 1.29 is 9.53 Å². The highest BCUT2D eigenvalue weighted by molar-refractivity contribution is 5.73. The van der Waals surface area contributed by atoms with Crippen molar-refractivity contribution in [1.82, 2.24) is 4.98 Å². The van der Waals surface area contributed by atoms with E-state index in [1.54, 1.807) is 18.3 Å². The van der Waals surface area contributed by atoms with Gasteiger partial charge in [0.05, 0.1) is 0 Å². The Balaban J connectivity index is 2.06. The first kappa shape index (κ1) is 14.0. The van der Waals surface area contributed by atoms with Crippen molar-refractivity contribution in [2.24, 2.45) is 17.8 Å². The first-order chi connectivity index (χ1) is 9.10. The molecule has 1 heterocycles. The Morgan fingerprint density at radius 1 is 1.37 bits per heavy atom. The number of hydrogen-bond donors (Lipinski definition) is 0. The SMILES string of the molecule is CC1CCC(C(C)C)C(Oc2ccc(C=O)cn2)C1. The molecule has 2 rings (SSSR count). The van der Waals surface area contributed by atoms with Gasteiger partial charge in [-0.05, 0) is 36.7 Å². The quantitative estimate of drug-likeness (QED) is 0.775. The highest BCUT2D eigenvalue weighted by Crippen LogP contribution is 2.35. The number of pyridine rings is 1. The first-order valence-corrected chi connectivity index (χ1v) is 7.18. The number of nitrogens with zero attached hydrogens (tertiary/aromatic N) is 1. The van der Waals surface area contributed by atoms with E-state index < -0.39 is 0 Å². The van der Waals surface area contributed by atoms with Crippen LogP contribution in [0.1, 0.15) is 50.4 Å². The second-order valence-corrected chi connectivity index (χ2v) is 6.03. The molecule has 104 valence electrons. The molecule has 0 saturated heterocycles. The van der Waals surface area contributed by atoms with Crippen molar-refractivity contribution >= 4 is 6.29 Å². The van der Waals surface area contributed by atoms with Crippen molar-refractivity contribution in [2.45, 2.75) is 46.1 Å². The van der Waals surface area contributed by atoms with Crippen LogP contribution in [0.4, 0.5) is 0 Å². The van der Waals surface area contributed by atoms with Crippen molar-refractivity contribution in [3.05, 3.63) is 23.9 Å². The second kappa shape index (κ2) is 6.18. The summed E-state index contributed by atoms with van der Waals surface area (Å²) in [5.41, 5.74) is 0.588. The summed E-state index contributed by atoms with van der Waals surface area (Å²) in [6.45, 7) is 6.82. The van der Waals surface area contributed by atoms with Gasteiger partial charge in [-0.3, -0.25) is 4.79 Å². The predicted molar refractivity (Wildman–Crippen MR) is 75.4 cm³/mol. The molecule has 19 heavy (non-hydrogen) atoms. The van der Waals surface area contributed by atoms with E-state index in [1.807, 2.05) is 0 Å². The average molecular weight is 261 g/mol. The molecule has 0 amide bonds. The van der Waals surface area contributed by atoms with Crippen LogP contribution in [0.5, 0.6) is 5.88 Å². The number of carbonyl (C=O) groups excluding carboxylic acids is 1. The molecule has 0 aliphatic heterocycles. The number of carbonyl (C=O) groups is 1. The van der Waals surface area contributed by atoms with E-state index in [1.165, 1.54) is 12.8 Å². The maximum atomic E-state index is 10.6. The molecule has 0 radical (unpaired) electrons. The molecule has 3 atom stereocenters. The zero-order valence-corrected chi connectivity index (χ0v) is 12.0. The largest absolute Gasteiger partial charge is 0.474 e. The monoisotopic (exact) mass is 261 g/mol. The summed E-state index contributed by atoms with van der Waals surface area (Å²) in [6, 6.07) is 3.55.